The molecule has 0 fully saturated rings. The highest BCUT2D eigenvalue weighted by atomic mass is 35.5. The molecule has 2 amide bonds. The number of halogens is 1. The number of carbonyl (C=O) groups is 2. The van der Waals surface area contributed by atoms with Gasteiger partial charge in [0.25, 0.3) is 11.8 Å². The molecule has 1 heterocycles. The molecule has 0 aromatic heterocycles. The van der Waals surface area contributed by atoms with Crippen LogP contribution in [0.15, 0.2) is 72.8 Å². The van der Waals surface area contributed by atoms with Crippen molar-refractivity contribution < 1.29 is 14.3 Å². The van der Waals surface area contributed by atoms with E-state index in [-0.39, 0.29) is 24.1 Å². The van der Waals surface area contributed by atoms with Crippen LogP contribution < -0.4 is 10.2 Å². The maximum absolute atomic E-state index is 13.7. The van der Waals surface area contributed by atoms with Crippen molar-refractivity contribution in [2.75, 3.05) is 31.4 Å². The van der Waals surface area contributed by atoms with E-state index >= 15 is 0 Å². The molecule has 0 saturated carbocycles. The van der Waals surface area contributed by atoms with E-state index in [1.807, 2.05) is 18.2 Å². The van der Waals surface area contributed by atoms with Gasteiger partial charge in [-0.1, -0.05) is 41.9 Å². The number of hydrogen-bond donors (Lipinski definition) is 1. The summed E-state index contributed by atoms with van der Waals surface area (Å²) in [7, 11) is 5.74. The minimum Gasteiger partial charge on any atom is -0.361 e. The van der Waals surface area contributed by atoms with Crippen LogP contribution in [0.3, 0.4) is 0 Å². The molecule has 0 radical (unpaired) electrons. The smallest absolute Gasteiger partial charge is 0.260 e. The Labute approximate surface area is 205 Å². The third-order valence-electron chi connectivity index (χ3n) is 6.15. The maximum atomic E-state index is 13.7. The molecule has 34 heavy (non-hydrogen) atoms. The SMILES string of the molecule is COC1CCC(N(C)C)c2ccccc2N1C(=O)c1ccc(NC(=O)c2ccccc2Cl)cc1. The normalized spacial score (nSPS) is 17.7. The molecular weight excluding hydrogens is 450 g/mol. The highest BCUT2D eigenvalue weighted by molar-refractivity contribution is 6.34. The van der Waals surface area contributed by atoms with Crippen molar-refractivity contribution in [3.05, 3.63) is 94.5 Å². The maximum Gasteiger partial charge on any atom is 0.260 e. The molecule has 1 aliphatic heterocycles. The van der Waals surface area contributed by atoms with Crippen LogP contribution in [0.4, 0.5) is 11.4 Å². The Kier molecular flexibility index (Phi) is 7.32. The summed E-state index contributed by atoms with van der Waals surface area (Å²) in [5.41, 5.74) is 3.43. The topological polar surface area (TPSA) is 61.9 Å². The summed E-state index contributed by atoms with van der Waals surface area (Å²) in [4.78, 5) is 30.2. The molecule has 0 spiro atoms. The Morgan fingerprint density at radius 1 is 0.971 bits per heavy atom. The molecule has 3 aromatic carbocycles. The summed E-state index contributed by atoms with van der Waals surface area (Å²) >= 11 is 6.12. The van der Waals surface area contributed by atoms with E-state index in [2.05, 4.69) is 30.4 Å². The molecule has 2 atom stereocenters. The number of benzene rings is 3. The van der Waals surface area contributed by atoms with Crippen LogP contribution in [-0.2, 0) is 4.74 Å². The Balaban J connectivity index is 1.60. The lowest BCUT2D eigenvalue weighted by molar-refractivity contribution is 0.0692. The van der Waals surface area contributed by atoms with Crippen molar-refractivity contribution in [2.24, 2.45) is 0 Å². The Morgan fingerprint density at radius 3 is 2.32 bits per heavy atom. The molecule has 3 aromatic rings. The van der Waals surface area contributed by atoms with Crippen LogP contribution in [-0.4, -0.2) is 44.1 Å². The van der Waals surface area contributed by atoms with Crippen LogP contribution in [0.1, 0.15) is 45.2 Å². The van der Waals surface area contributed by atoms with E-state index < -0.39 is 0 Å². The number of para-hydroxylation sites is 1. The van der Waals surface area contributed by atoms with Crippen LogP contribution >= 0.6 is 11.6 Å². The van der Waals surface area contributed by atoms with Gasteiger partial charge < -0.3 is 15.0 Å². The van der Waals surface area contributed by atoms with Crippen molar-refractivity contribution >= 4 is 34.8 Å². The van der Waals surface area contributed by atoms with Gasteiger partial charge in [0.05, 0.1) is 16.3 Å². The van der Waals surface area contributed by atoms with Crippen molar-refractivity contribution in [3.63, 3.8) is 0 Å². The third-order valence-corrected chi connectivity index (χ3v) is 6.48. The van der Waals surface area contributed by atoms with Crippen LogP contribution in [0, 0.1) is 0 Å². The average molecular weight is 478 g/mol. The quantitative estimate of drug-likeness (QED) is 0.519. The van der Waals surface area contributed by atoms with Crippen molar-refractivity contribution in [3.8, 4) is 0 Å². The number of nitrogens with zero attached hydrogens (tertiary/aromatic N) is 2. The van der Waals surface area contributed by atoms with Crippen LogP contribution in [0.25, 0.3) is 0 Å². The monoisotopic (exact) mass is 477 g/mol. The van der Waals surface area contributed by atoms with E-state index in [9.17, 15) is 9.59 Å². The van der Waals surface area contributed by atoms with Gasteiger partial charge in [0.2, 0.25) is 0 Å². The number of carbonyl (C=O) groups excluding carboxylic acids is 2. The molecular formula is C27H28ClN3O3. The molecule has 4 rings (SSSR count). The lowest BCUT2D eigenvalue weighted by atomic mass is 10.0. The summed E-state index contributed by atoms with van der Waals surface area (Å²) in [6.45, 7) is 0. The molecule has 1 N–H and O–H groups in total. The Morgan fingerprint density at radius 2 is 1.65 bits per heavy atom. The number of amides is 2. The zero-order valence-electron chi connectivity index (χ0n) is 19.5. The number of rotatable bonds is 5. The predicted molar refractivity (Wildman–Crippen MR) is 136 cm³/mol. The number of nitrogens with one attached hydrogen (secondary N) is 1. The van der Waals surface area contributed by atoms with Gasteiger partial charge in [-0.15, -0.1) is 0 Å². The first kappa shape index (κ1) is 24.0. The van der Waals surface area contributed by atoms with Crippen LogP contribution in [0.5, 0.6) is 0 Å². The van der Waals surface area contributed by atoms with Gasteiger partial charge in [0.15, 0.2) is 0 Å². The second kappa shape index (κ2) is 10.4. The number of methoxy groups -OCH3 is 1. The van der Waals surface area contributed by atoms with E-state index in [4.69, 9.17) is 16.3 Å². The number of fused-ring (bicyclic) bond motifs is 1. The van der Waals surface area contributed by atoms with Crippen molar-refractivity contribution in [1.29, 1.82) is 0 Å². The molecule has 0 saturated heterocycles. The summed E-state index contributed by atoms with van der Waals surface area (Å²) in [5.74, 6) is -0.456. The zero-order valence-corrected chi connectivity index (χ0v) is 20.3. The third kappa shape index (κ3) is 4.85. The van der Waals surface area contributed by atoms with Gasteiger partial charge in [-0.25, -0.2) is 0 Å². The second-order valence-corrected chi connectivity index (χ2v) is 8.90. The summed E-state index contributed by atoms with van der Waals surface area (Å²) in [5, 5.41) is 3.21. The minimum absolute atomic E-state index is 0.150. The first-order valence-corrected chi connectivity index (χ1v) is 11.6. The van der Waals surface area contributed by atoms with E-state index in [0.29, 0.717) is 28.3 Å². The van der Waals surface area contributed by atoms with Crippen molar-refractivity contribution in [2.45, 2.75) is 25.1 Å². The van der Waals surface area contributed by atoms with Crippen LogP contribution in [0.2, 0.25) is 5.02 Å². The lowest BCUT2D eigenvalue weighted by Gasteiger charge is -2.30. The molecule has 1 aliphatic rings. The number of anilines is 2. The zero-order chi connectivity index (χ0) is 24.2. The predicted octanol–water partition coefficient (Wildman–Crippen LogP) is 5.61. The standard InChI is InChI=1S/C27H28ClN3O3/c1-30(2)23-16-17-25(34-3)31(24-11-7-5-9-21(23)24)27(33)18-12-14-19(15-13-18)29-26(32)20-8-4-6-10-22(20)28/h4-15,23,25H,16-17H2,1-3H3,(H,29,32). The summed E-state index contributed by atoms with van der Waals surface area (Å²) < 4.78 is 5.76. The molecule has 2 unspecified atom stereocenters. The van der Waals surface area contributed by atoms with Gasteiger partial charge in [0, 0.05) is 24.4 Å². The minimum atomic E-state index is -0.377. The van der Waals surface area contributed by atoms with Gasteiger partial charge in [-0.05, 0) is 75.0 Å². The average Bonchev–Trinajstić information content (AvgIpc) is 3.01. The molecule has 6 nitrogen and oxygen atoms in total. The Hall–Kier alpha value is -3.19. The first-order valence-electron chi connectivity index (χ1n) is 11.2. The lowest BCUT2D eigenvalue weighted by Crippen LogP contribution is -2.41. The molecule has 0 aliphatic carbocycles. The summed E-state index contributed by atoms with van der Waals surface area (Å²) in [6, 6.07) is 21.9. The second-order valence-electron chi connectivity index (χ2n) is 8.49. The Bertz CT molecular complexity index is 1180. The fourth-order valence-electron chi connectivity index (χ4n) is 4.41. The van der Waals surface area contributed by atoms with Gasteiger partial charge in [0.1, 0.15) is 6.23 Å². The summed E-state index contributed by atoms with van der Waals surface area (Å²) in [6.07, 6.45) is 1.21. The van der Waals surface area contributed by atoms with Crippen molar-refractivity contribution in [1.82, 2.24) is 4.90 Å². The van der Waals surface area contributed by atoms with Gasteiger partial charge in [-0.3, -0.25) is 14.5 Å². The first-order chi connectivity index (χ1) is 16.4. The largest absolute Gasteiger partial charge is 0.361 e. The van der Waals surface area contributed by atoms with E-state index in [0.717, 1.165) is 17.7 Å². The number of hydrogen-bond acceptors (Lipinski definition) is 4. The molecule has 176 valence electrons. The highest BCUT2D eigenvalue weighted by Crippen LogP contribution is 2.38. The molecule has 7 heteroatoms. The van der Waals surface area contributed by atoms with E-state index in [1.54, 1.807) is 60.5 Å². The van der Waals surface area contributed by atoms with Gasteiger partial charge >= 0.3 is 0 Å². The molecule has 0 bridgehead atoms. The number of ether oxygens (including phenoxy) is 1. The van der Waals surface area contributed by atoms with Gasteiger partial charge in [-0.2, -0.15) is 0 Å². The highest BCUT2D eigenvalue weighted by Gasteiger charge is 2.34. The fraction of sp³-hybridized carbons (Fsp3) is 0.259. The van der Waals surface area contributed by atoms with E-state index in [1.165, 1.54) is 0 Å². The fourth-order valence-corrected chi connectivity index (χ4v) is 4.63.